The smallest absolute Gasteiger partial charge is 0.217 e. The van der Waals surface area contributed by atoms with E-state index in [9.17, 15) is 4.79 Å². The van der Waals surface area contributed by atoms with Crippen LogP contribution in [0.25, 0.3) is 0 Å². The Labute approximate surface area is 128 Å². The van der Waals surface area contributed by atoms with Crippen LogP contribution < -0.4 is 11.5 Å². The van der Waals surface area contributed by atoms with Crippen molar-refractivity contribution in [2.45, 2.75) is 64.3 Å². The van der Waals surface area contributed by atoms with Crippen molar-refractivity contribution in [2.24, 2.45) is 16.9 Å². The maximum atomic E-state index is 11.4. The Hall–Kier alpha value is -1.35. The second-order valence-electron chi connectivity index (χ2n) is 6.65. The first-order valence-corrected chi connectivity index (χ1v) is 8.17. The first kappa shape index (κ1) is 16.0. The summed E-state index contributed by atoms with van der Waals surface area (Å²) in [6, 6.07) is 8.63. The molecule has 1 aliphatic carbocycles. The monoisotopic (exact) mass is 288 g/mol. The SMILES string of the molecule is CCCc1ccc(C(N)CC2(CC(N)=O)CCCC2)cc1. The van der Waals surface area contributed by atoms with Crippen LogP contribution in [-0.2, 0) is 11.2 Å². The van der Waals surface area contributed by atoms with Gasteiger partial charge in [0.15, 0.2) is 0 Å². The van der Waals surface area contributed by atoms with Gasteiger partial charge >= 0.3 is 0 Å². The number of aryl methyl sites for hydroxylation is 1. The Morgan fingerprint density at radius 2 is 1.86 bits per heavy atom. The van der Waals surface area contributed by atoms with Crippen LogP contribution in [0.3, 0.4) is 0 Å². The second kappa shape index (κ2) is 7.08. The summed E-state index contributed by atoms with van der Waals surface area (Å²) in [5.74, 6) is -0.192. The van der Waals surface area contributed by atoms with Gasteiger partial charge in [0.1, 0.15) is 0 Å². The molecule has 0 aliphatic heterocycles. The van der Waals surface area contributed by atoms with Crippen LogP contribution in [0.2, 0.25) is 0 Å². The molecule has 0 radical (unpaired) electrons. The van der Waals surface area contributed by atoms with E-state index in [-0.39, 0.29) is 17.4 Å². The summed E-state index contributed by atoms with van der Waals surface area (Å²) in [4.78, 5) is 11.4. The lowest BCUT2D eigenvalue weighted by molar-refractivity contribution is -0.120. The zero-order chi connectivity index (χ0) is 15.3. The minimum Gasteiger partial charge on any atom is -0.370 e. The molecule has 1 fully saturated rings. The van der Waals surface area contributed by atoms with Crippen LogP contribution in [0.1, 0.15) is 69.0 Å². The molecule has 1 atom stereocenters. The van der Waals surface area contributed by atoms with Crippen LogP contribution in [0.5, 0.6) is 0 Å². The van der Waals surface area contributed by atoms with Gasteiger partial charge in [-0.1, -0.05) is 50.5 Å². The lowest BCUT2D eigenvalue weighted by Gasteiger charge is -2.31. The Bertz CT molecular complexity index is 461. The lowest BCUT2D eigenvalue weighted by Crippen LogP contribution is -2.29. The van der Waals surface area contributed by atoms with Crippen molar-refractivity contribution in [3.63, 3.8) is 0 Å². The van der Waals surface area contributed by atoms with Crippen molar-refractivity contribution in [1.82, 2.24) is 0 Å². The summed E-state index contributed by atoms with van der Waals surface area (Å²) in [5, 5.41) is 0. The van der Waals surface area contributed by atoms with E-state index in [0.717, 1.165) is 32.1 Å². The fourth-order valence-corrected chi connectivity index (χ4v) is 3.75. The summed E-state index contributed by atoms with van der Waals surface area (Å²) in [7, 11) is 0. The van der Waals surface area contributed by atoms with E-state index in [4.69, 9.17) is 11.5 Å². The molecule has 0 saturated heterocycles. The Morgan fingerprint density at radius 3 is 2.38 bits per heavy atom. The molecule has 3 heteroatoms. The van der Waals surface area contributed by atoms with Gasteiger partial charge in [-0.2, -0.15) is 0 Å². The molecule has 0 bridgehead atoms. The second-order valence-corrected chi connectivity index (χ2v) is 6.65. The average molecular weight is 288 g/mol. The van der Waals surface area contributed by atoms with Crippen molar-refractivity contribution in [3.05, 3.63) is 35.4 Å². The molecule has 21 heavy (non-hydrogen) atoms. The van der Waals surface area contributed by atoms with Gasteiger partial charge in [-0.15, -0.1) is 0 Å². The maximum absolute atomic E-state index is 11.4. The lowest BCUT2D eigenvalue weighted by atomic mass is 9.76. The third-order valence-electron chi connectivity index (χ3n) is 4.81. The van der Waals surface area contributed by atoms with Crippen LogP contribution >= 0.6 is 0 Å². The number of primary amides is 1. The number of hydrogen-bond acceptors (Lipinski definition) is 2. The predicted molar refractivity (Wildman–Crippen MR) is 86.7 cm³/mol. The molecule has 1 aromatic rings. The molecular formula is C18H28N2O. The van der Waals surface area contributed by atoms with E-state index in [1.165, 1.54) is 24.0 Å². The van der Waals surface area contributed by atoms with Gasteiger partial charge in [-0.3, -0.25) is 4.79 Å². The van der Waals surface area contributed by atoms with Crippen LogP contribution in [-0.4, -0.2) is 5.91 Å². The van der Waals surface area contributed by atoms with E-state index in [1.54, 1.807) is 0 Å². The third-order valence-corrected chi connectivity index (χ3v) is 4.81. The number of carbonyl (C=O) groups is 1. The van der Waals surface area contributed by atoms with Crippen LogP contribution in [0.15, 0.2) is 24.3 Å². The van der Waals surface area contributed by atoms with E-state index in [0.29, 0.717) is 6.42 Å². The van der Waals surface area contributed by atoms with Gasteiger partial charge in [0.2, 0.25) is 5.91 Å². The Morgan fingerprint density at radius 1 is 1.24 bits per heavy atom. The number of rotatable bonds is 7. The number of benzene rings is 1. The van der Waals surface area contributed by atoms with Crippen molar-refractivity contribution in [2.75, 3.05) is 0 Å². The van der Waals surface area contributed by atoms with E-state index in [1.807, 2.05) is 0 Å². The van der Waals surface area contributed by atoms with E-state index in [2.05, 4.69) is 31.2 Å². The number of amides is 1. The zero-order valence-corrected chi connectivity index (χ0v) is 13.1. The van der Waals surface area contributed by atoms with E-state index < -0.39 is 0 Å². The minimum atomic E-state index is -0.192. The van der Waals surface area contributed by atoms with Crippen LogP contribution in [0.4, 0.5) is 0 Å². The third kappa shape index (κ3) is 4.31. The number of nitrogens with two attached hydrogens (primary N) is 2. The van der Waals surface area contributed by atoms with Crippen molar-refractivity contribution in [3.8, 4) is 0 Å². The van der Waals surface area contributed by atoms with Crippen molar-refractivity contribution < 1.29 is 4.79 Å². The summed E-state index contributed by atoms with van der Waals surface area (Å²) < 4.78 is 0. The highest BCUT2D eigenvalue weighted by atomic mass is 16.1. The molecular weight excluding hydrogens is 260 g/mol. The number of hydrogen-bond donors (Lipinski definition) is 2. The van der Waals surface area contributed by atoms with Crippen LogP contribution in [0, 0.1) is 5.41 Å². The topological polar surface area (TPSA) is 69.1 Å². The molecule has 1 aliphatic rings. The molecule has 0 spiro atoms. The molecule has 2 rings (SSSR count). The zero-order valence-electron chi connectivity index (χ0n) is 13.1. The molecule has 0 aromatic heterocycles. The fourth-order valence-electron chi connectivity index (χ4n) is 3.75. The molecule has 1 aromatic carbocycles. The van der Waals surface area contributed by atoms with Gasteiger partial charge in [-0.05, 0) is 42.2 Å². The highest BCUT2D eigenvalue weighted by molar-refractivity contribution is 5.74. The van der Waals surface area contributed by atoms with Crippen molar-refractivity contribution in [1.29, 1.82) is 0 Å². The molecule has 1 amide bonds. The summed E-state index contributed by atoms with van der Waals surface area (Å²) in [5.41, 5.74) is 14.4. The fraction of sp³-hybridized carbons (Fsp3) is 0.611. The minimum absolute atomic E-state index is 0.00173. The molecule has 1 unspecified atom stereocenters. The van der Waals surface area contributed by atoms with Gasteiger partial charge in [-0.25, -0.2) is 0 Å². The standard InChI is InChI=1S/C18H28N2O/c1-2-5-14-6-8-15(9-7-14)16(19)12-18(13-17(20)21)10-3-4-11-18/h6-9,16H,2-5,10-13,19H2,1H3,(H2,20,21). The van der Waals surface area contributed by atoms with Crippen molar-refractivity contribution >= 4 is 5.91 Å². The average Bonchev–Trinajstić information content (AvgIpc) is 2.87. The Balaban J connectivity index is 2.04. The largest absolute Gasteiger partial charge is 0.370 e. The van der Waals surface area contributed by atoms with Gasteiger partial charge in [0, 0.05) is 12.5 Å². The normalized spacial score (nSPS) is 18.6. The summed E-state index contributed by atoms with van der Waals surface area (Å²) in [6.07, 6.45) is 8.16. The summed E-state index contributed by atoms with van der Waals surface area (Å²) >= 11 is 0. The highest BCUT2D eigenvalue weighted by Gasteiger charge is 2.36. The van der Waals surface area contributed by atoms with Gasteiger partial charge < -0.3 is 11.5 Å². The first-order chi connectivity index (χ1) is 10.0. The van der Waals surface area contributed by atoms with E-state index >= 15 is 0 Å². The quantitative estimate of drug-likeness (QED) is 0.806. The predicted octanol–water partition coefficient (Wildman–Crippen LogP) is 3.46. The van der Waals surface area contributed by atoms with Gasteiger partial charge in [0.05, 0.1) is 0 Å². The number of carbonyl (C=O) groups excluding carboxylic acids is 1. The Kier molecular flexibility index (Phi) is 5.40. The maximum Gasteiger partial charge on any atom is 0.217 e. The summed E-state index contributed by atoms with van der Waals surface area (Å²) in [6.45, 7) is 2.19. The first-order valence-electron chi connectivity index (χ1n) is 8.17. The molecule has 4 N–H and O–H groups in total. The molecule has 1 saturated carbocycles. The van der Waals surface area contributed by atoms with Gasteiger partial charge in [0.25, 0.3) is 0 Å². The molecule has 0 heterocycles. The highest BCUT2D eigenvalue weighted by Crippen LogP contribution is 2.46. The molecule has 3 nitrogen and oxygen atoms in total. The molecule has 116 valence electrons.